The highest BCUT2D eigenvalue weighted by Crippen LogP contribution is 2.35. The minimum absolute atomic E-state index is 0.201. The van der Waals surface area contributed by atoms with Crippen LogP contribution < -0.4 is 4.90 Å². The average Bonchev–Trinajstić information content (AvgIpc) is 2.19. The first-order valence-electron chi connectivity index (χ1n) is 4.86. The number of anilines is 1. The molecule has 0 aliphatic carbocycles. The number of rotatable bonds is 0. The minimum atomic E-state index is -0.675. The van der Waals surface area contributed by atoms with Crippen LogP contribution in [0.4, 0.5) is 10.1 Å². The number of hydrogen-bond acceptors (Lipinski definition) is 2. The van der Waals surface area contributed by atoms with Gasteiger partial charge in [-0.25, -0.2) is 4.39 Å². The third-order valence-electron chi connectivity index (χ3n) is 2.65. The molecule has 80 valence electrons. The maximum Gasteiger partial charge on any atom is 0.223 e. The third kappa shape index (κ3) is 1.61. The highest BCUT2D eigenvalue weighted by atomic mass is 19.1. The molecule has 0 saturated carbocycles. The van der Waals surface area contributed by atoms with E-state index in [4.69, 9.17) is 0 Å². The lowest BCUT2D eigenvalue weighted by Gasteiger charge is -2.31. The van der Waals surface area contributed by atoms with E-state index >= 15 is 0 Å². The van der Waals surface area contributed by atoms with Crippen molar-refractivity contribution in [1.82, 2.24) is 0 Å². The highest BCUT2D eigenvalue weighted by Gasteiger charge is 2.28. The van der Waals surface area contributed by atoms with Gasteiger partial charge in [0.2, 0.25) is 5.91 Å². The molecular weight excluding hydrogens is 197 g/mol. The molecule has 1 aliphatic heterocycles. The minimum Gasteiger partial charge on any atom is -0.388 e. The number of benzene rings is 1. The molecule has 15 heavy (non-hydrogen) atoms. The molecule has 0 unspecified atom stereocenters. The summed E-state index contributed by atoms with van der Waals surface area (Å²) in [6.45, 7) is 1.76. The Morgan fingerprint density at radius 1 is 1.60 bits per heavy atom. The Hall–Kier alpha value is -1.42. The van der Waals surface area contributed by atoms with Crippen molar-refractivity contribution in [2.75, 3.05) is 11.4 Å². The van der Waals surface area contributed by atoms with Crippen molar-refractivity contribution in [2.45, 2.75) is 19.4 Å². The normalized spacial score (nSPS) is 19.9. The van der Waals surface area contributed by atoms with Crippen molar-refractivity contribution in [3.63, 3.8) is 0 Å². The zero-order valence-electron chi connectivity index (χ0n) is 8.40. The van der Waals surface area contributed by atoms with Crippen LogP contribution >= 0.6 is 0 Å². The lowest BCUT2D eigenvalue weighted by atomic mass is 9.98. The summed E-state index contributed by atoms with van der Waals surface area (Å²) in [6.07, 6.45) is -0.220. The van der Waals surface area contributed by atoms with E-state index in [1.807, 2.05) is 0 Å². The molecule has 1 amide bonds. The van der Waals surface area contributed by atoms with E-state index in [-0.39, 0.29) is 11.6 Å². The van der Waals surface area contributed by atoms with Gasteiger partial charge in [-0.1, -0.05) is 12.1 Å². The number of fused-ring (bicyclic) bond motifs is 1. The molecule has 2 rings (SSSR count). The van der Waals surface area contributed by atoms with Crippen LogP contribution in [-0.2, 0) is 4.79 Å². The molecule has 0 saturated heterocycles. The predicted molar refractivity (Wildman–Crippen MR) is 54.0 cm³/mol. The van der Waals surface area contributed by atoms with E-state index in [2.05, 4.69) is 0 Å². The fraction of sp³-hybridized carbons (Fsp3) is 0.364. The van der Waals surface area contributed by atoms with E-state index in [1.165, 1.54) is 17.9 Å². The van der Waals surface area contributed by atoms with Crippen LogP contribution in [0.2, 0.25) is 0 Å². The topological polar surface area (TPSA) is 40.5 Å². The number of carbonyl (C=O) groups is 1. The van der Waals surface area contributed by atoms with Gasteiger partial charge in [0.1, 0.15) is 5.82 Å². The summed E-state index contributed by atoms with van der Waals surface area (Å²) in [7, 11) is 0. The van der Waals surface area contributed by atoms with Crippen LogP contribution in [0.15, 0.2) is 18.2 Å². The standard InChI is InChI=1S/C11H12FNO2/c1-7(14)13-6-5-10(15)8-3-2-4-9(12)11(8)13/h2-4,10,15H,5-6H2,1H3/t10-/m1/s1. The van der Waals surface area contributed by atoms with Crippen molar-refractivity contribution in [3.8, 4) is 0 Å². The molecule has 0 spiro atoms. The number of hydrogen-bond donors (Lipinski definition) is 1. The summed E-state index contributed by atoms with van der Waals surface area (Å²) in [5.74, 6) is -0.658. The number of halogens is 1. The van der Waals surface area contributed by atoms with Crippen LogP contribution in [0, 0.1) is 5.82 Å². The van der Waals surface area contributed by atoms with E-state index < -0.39 is 11.9 Å². The molecule has 1 aromatic rings. The van der Waals surface area contributed by atoms with Crippen molar-refractivity contribution in [3.05, 3.63) is 29.6 Å². The van der Waals surface area contributed by atoms with Crippen LogP contribution in [0.25, 0.3) is 0 Å². The Labute approximate surface area is 87.1 Å². The molecule has 1 heterocycles. The molecule has 0 bridgehead atoms. The lowest BCUT2D eigenvalue weighted by Crippen LogP contribution is -2.35. The van der Waals surface area contributed by atoms with E-state index in [1.54, 1.807) is 12.1 Å². The summed E-state index contributed by atoms with van der Waals surface area (Å²) in [5.41, 5.74) is 0.722. The molecule has 0 aromatic heterocycles. The van der Waals surface area contributed by atoms with Gasteiger partial charge >= 0.3 is 0 Å². The van der Waals surface area contributed by atoms with E-state index in [0.29, 0.717) is 18.5 Å². The molecule has 1 N–H and O–H groups in total. The first kappa shape index (κ1) is 10.1. The SMILES string of the molecule is CC(=O)N1CC[C@@H](O)c2cccc(F)c21. The molecule has 4 heteroatoms. The Balaban J connectivity index is 2.56. The summed E-state index contributed by atoms with van der Waals surface area (Å²) >= 11 is 0. The van der Waals surface area contributed by atoms with Crippen LogP contribution in [0.3, 0.4) is 0 Å². The van der Waals surface area contributed by atoms with E-state index in [9.17, 15) is 14.3 Å². The fourth-order valence-corrected chi connectivity index (χ4v) is 1.92. The van der Waals surface area contributed by atoms with Gasteiger partial charge in [0.05, 0.1) is 11.8 Å². The second-order valence-electron chi connectivity index (χ2n) is 3.65. The first-order chi connectivity index (χ1) is 7.11. The average molecular weight is 209 g/mol. The second-order valence-corrected chi connectivity index (χ2v) is 3.65. The Bertz CT molecular complexity index is 406. The Morgan fingerprint density at radius 2 is 2.33 bits per heavy atom. The Morgan fingerprint density at radius 3 is 3.00 bits per heavy atom. The molecule has 0 fully saturated rings. The van der Waals surface area contributed by atoms with Gasteiger partial charge in [0.25, 0.3) is 0 Å². The number of carbonyl (C=O) groups excluding carboxylic acids is 1. The maximum absolute atomic E-state index is 13.6. The zero-order chi connectivity index (χ0) is 11.0. The van der Waals surface area contributed by atoms with Crippen molar-refractivity contribution >= 4 is 11.6 Å². The van der Waals surface area contributed by atoms with Crippen LogP contribution in [0.5, 0.6) is 0 Å². The summed E-state index contributed by atoms with van der Waals surface area (Å²) in [4.78, 5) is 12.7. The van der Waals surface area contributed by atoms with Gasteiger partial charge in [-0.2, -0.15) is 0 Å². The van der Waals surface area contributed by atoms with E-state index in [0.717, 1.165) is 0 Å². The molecule has 1 aromatic carbocycles. The number of nitrogens with zero attached hydrogens (tertiary/aromatic N) is 1. The van der Waals surface area contributed by atoms with Gasteiger partial charge in [0, 0.05) is 19.0 Å². The summed E-state index contributed by atoms with van der Waals surface area (Å²) < 4.78 is 13.6. The van der Waals surface area contributed by atoms with Gasteiger partial charge in [-0.3, -0.25) is 4.79 Å². The zero-order valence-corrected chi connectivity index (χ0v) is 8.40. The van der Waals surface area contributed by atoms with Crippen molar-refractivity contribution < 1.29 is 14.3 Å². The molecular formula is C11H12FNO2. The fourth-order valence-electron chi connectivity index (χ4n) is 1.92. The molecule has 1 atom stereocenters. The lowest BCUT2D eigenvalue weighted by molar-refractivity contribution is -0.116. The van der Waals surface area contributed by atoms with Gasteiger partial charge in [-0.15, -0.1) is 0 Å². The summed E-state index contributed by atoms with van der Waals surface area (Å²) in [6, 6.07) is 4.49. The number of amides is 1. The first-order valence-corrected chi connectivity index (χ1v) is 4.86. The van der Waals surface area contributed by atoms with Crippen LogP contribution in [0.1, 0.15) is 25.0 Å². The van der Waals surface area contributed by atoms with Crippen molar-refractivity contribution in [2.24, 2.45) is 0 Å². The second kappa shape index (κ2) is 3.62. The van der Waals surface area contributed by atoms with Gasteiger partial charge < -0.3 is 10.0 Å². The van der Waals surface area contributed by atoms with Gasteiger partial charge in [0.15, 0.2) is 0 Å². The van der Waals surface area contributed by atoms with Gasteiger partial charge in [-0.05, 0) is 12.5 Å². The smallest absolute Gasteiger partial charge is 0.223 e. The number of aliphatic hydroxyl groups is 1. The predicted octanol–water partition coefficient (Wildman–Crippen LogP) is 1.62. The van der Waals surface area contributed by atoms with Crippen molar-refractivity contribution in [1.29, 1.82) is 0 Å². The molecule has 3 nitrogen and oxygen atoms in total. The number of aliphatic hydroxyl groups excluding tert-OH is 1. The maximum atomic E-state index is 13.6. The quantitative estimate of drug-likeness (QED) is 0.705. The van der Waals surface area contributed by atoms with Crippen LogP contribution in [-0.4, -0.2) is 17.6 Å². The monoisotopic (exact) mass is 209 g/mol. The third-order valence-corrected chi connectivity index (χ3v) is 2.65. The molecule has 0 radical (unpaired) electrons. The summed E-state index contributed by atoms with van der Waals surface area (Å²) in [5, 5.41) is 9.68. The largest absolute Gasteiger partial charge is 0.388 e. The number of para-hydroxylation sites is 1. The Kier molecular flexibility index (Phi) is 2.44. The highest BCUT2D eigenvalue weighted by molar-refractivity contribution is 5.93. The molecule has 1 aliphatic rings.